The van der Waals surface area contributed by atoms with E-state index in [9.17, 15) is 4.79 Å². The Balaban J connectivity index is 1.80. The Bertz CT molecular complexity index is 568. The topological polar surface area (TPSA) is 20.3 Å². The van der Waals surface area contributed by atoms with Gasteiger partial charge in [-0.1, -0.05) is 22.0 Å². The van der Waals surface area contributed by atoms with E-state index in [1.165, 1.54) is 9.77 Å². The van der Waals surface area contributed by atoms with Gasteiger partial charge in [0.15, 0.2) is 0 Å². The molecule has 0 aliphatic carbocycles. The van der Waals surface area contributed by atoms with Gasteiger partial charge in [0, 0.05) is 33.5 Å². The first-order valence-electron chi connectivity index (χ1n) is 6.75. The second-order valence-electron chi connectivity index (χ2n) is 4.75. The summed E-state index contributed by atoms with van der Waals surface area (Å²) in [6.45, 7) is 2.07. The molecule has 0 spiro atoms. The van der Waals surface area contributed by atoms with E-state index < -0.39 is 0 Å². The maximum atomic E-state index is 12.2. The molecule has 2 aromatic rings. The van der Waals surface area contributed by atoms with E-state index in [0.29, 0.717) is 6.42 Å². The van der Waals surface area contributed by atoms with Crippen LogP contribution in [0, 0.1) is 0 Å². The van der Waals surface area contributed by atoms with E-state index in [2.05, 4.69) is 41.1 Å². The zero-order valence-corrected chi connectivity index (χ0v) is 15.3. The normalized spacial score (nSPS) is 12.1. The minimum absolute atomic E-state index is 0.148. The maximum Gasteiger partial charge on any atom is 0.223 e. The van der Waals surface area contributed by atoms with Gasteiger partial charge >= 0.3 is 0 Å². The van der Waals surface area contributed by atoms with Crippen molar-refractivity contribution >= 4 is 44.9 Å². The summed E-state index contributed by atoms with van der Waals surface area (Å²) in [4.78, 5) is 16.5. The predicted octanol–water partition coefficient (Wildman–Crippen LogP) is 5.21. The Morgan fingerprint density at radius 2 is 2.05 bits per heavy atom. The van der Waals surface area contributed by atoms with Crippen molar-refractivity contribution in [1.82, 2.24) is 4.90 Å². The summed E-state index contributed by atoms with van der Waals surface area (Å²) in [6.07, 6.45) is 0.562. The molecule has 1 amide bonds. The molecule has 0 fully saturated rings. The van der Waals surface area contributed by atoms with Gasteiger partial charge in [-0.05, 0) is 42.6 Å². The minimum Gasteiger partial charge on any atom is -0.338 e. The Kier molecular flexibility index (Phi) is 6.33. The van der Waals surface area contributed by atoms with Crippen molar-refractivity contribution in [3.63, 3.8) is 0 Å². The summed E-state index contributed by atoms with van der Waals surface area (Å²) in [7, 11) is 1.89. The number of rotatable bonds is 6. The molecule has 0 aliphatic rings. The second kappa shape index (κ2) is 8.01. The van der Waals surface area contributed by atoms with Crippen molar-refractivity contribution in [1.29, 1.82) is 0 Å². The van der Waals surface area contributed by atoms with Gasteiger partial charge in [0.2, 0.25) is 5.91 Å². The van der Waals surface area contributed by atoms with Crippen LogP contribution >= 0.6 is 39.0 Å². The van der Waals surface area contributed by atoms with E-state index in [-0.39, 0.29) is 11.9 Å². The SMILES string of the molecule is CC(c1cccs1)N(C)C(=O)CCSc1ccc(Br)cc1. The van der Waals surface area contributed by atoms with E-state index >= 15 is 0 Å². The highest BCUT2D eigenvalue weighted by atomic mass is 79.9. The first-order valence-corrected chi connectivity index (χ1v) is 9.41. The number of carbonyl (C=O) groups excluding carboxylic acids is 1. The van der Waals surface area contributed by atoms with Crippen LogP contribution in [0.3, 0.4) is 0 Å². The first kappa shape index (κ1) is 16.6. The van der Waals surface area contributed by atoms with Crippen LogP contribution in [0.15, 0.2) is 51.1 Å². The Morgan fingerprint density at radius 3 is 2.67 bits per heavy atom. The van der Waals surface area contributed by atoms with Crippen molar-refractivity contribution in [2.45, 2.75) is 24.3 Å². The minimum atomic E-state index is 0.148. The molecular weight excluding hydrogens is 366 g/mol. The molecule has 2 rings (SSSR count). The zero-order valence-electron chi connectivity index (χ0n) is 12.1. The fraction of sp³-hybridized carbons (Fsp3) is 0.312. The standard InChI is InChI=1S/C16H18BrNOS2/c1-12(15-4-3-10-21-15)18(2)16(19)9-11-20-14-7-5-13(17)6-8-14/h3-8,10,12H,9,11H2,1-2H3. The fourth-order valence-corrected chi connectivity index (χ4v) is 3.83. The molecule has 1 heterocycles. The third-order valence-electron chi connectivity index (χ3n) is 3.33. The average Bonchev–Trinajstić information content (AvgIpc) is 3.02. The lowest BCUT2D eigenvalue weighted by molar-refractivity contribution is -0.131. The highest BCUT2D eigenvalue weighted by molar-refractivity contribution is 9.10. The molecular formula is C16H18BrNOS2. The predicted molar refractivity (Wildman–Crippen MR) is 95.0 cm³/mol. The first-order chi connectivity index (χ1) is 10.1. The van der Waals surface area contributed by atoms with E-state index in [1.807, 2.05) is 35.5 Å². The lowest BCUT2D eigenvalue weighted by Gasteiger charge is -2.24. The molecule has 112 valence electrons. The molecule has 1 unspecified atom stereocenters. The Hall–Kier alpha value is -0.780. The van der Waals surface area contributed by atoms with Gasteiger partial charge in [-0.25, -0.2) is 0 Å². The third-order valence-corrected chi connectivity index (χ3v) is 5.91. The Labute approximate surface area is 142 Å². The number of carbonyl (C=O) groups is 1. The quantitative estimate of drug-likeness (QED) is 0.637. The molecule has 2 nitrogen and oxygen atoms in total. The maximum absolute atomic E-state index is 12.2. The van der Waals surface area contributed by atoms with Crippen molar-refractivity contribution in [2.24, 2.45) is 0 Å². The number of thiophene rings is 1. The third kappa shape index (κ3) is 4.87. The van der Waals surface area contributed by atoms with Gasteiger partial charge < -0.3 is 4.90 Å². The van der Waals surface area contributed by atoms with Crippen LogP contribution in [-0.4, -0.2) is 23.6 Å². The molecule has 1 aromatic heterocycles. The van der Waals surface area contributed by atoms with Crippen LogP contribution in [-0.2, 0) is 4.79 Å². The molecule has 0 aliphatic heterocycles. The molecule has 1 aromatic carbocycles. The molecule has 0 saturated heterocycles. The van der Waals surface area contributed by atoms with Crippen LogP contribution in [0.4, 0.5) is 0 Å². The summed E-state index contributed by atoms with van der Waals surface area (Å²) in [6, 6.07) is 12.4. The molecule has 0 radical (unpaired) electrons. The monoisotopic (exact) mass is 383 g/mol. The van der Waals surface area contributed by atoms with Crippen molar-refractivity contribution in [3.8, 4) is 0 Å². The van der Waals surface area contributed by atoms with Crippen LogP contribution in [0.1, 0.15) is 24.3 Å². The smallest absolute Gasteiger partial charge is 0.223 e. The number of hydrogen-bond donors (Lipinski definition) is 0. The summed E-state index contributed by atoms with van der Waals surface area (Å²) in [5, 5.41) is 2.05. The summed E-state index contributed by atoms with van der Waals surface area (Å²) >= 11 is 6.84. The number of nitrogens with zero attached hydrogens (tertiary/aromatic N) is 1. The molecule has 1 atom stereocenters. The van der Waals surface area contributed by atoms with E-state index in [4.69, 9.17) is 0 Å². The zero-order chi connectivity index (χ0) is 15.2. The fourth-order valence-electron chi connectivity index (χ4n) is 1.90. The largest absolute Gasteiger partial charge is 0.338 e. The van der Waals surface area contributed by atoms with Crippen molar-refractivity contribution in [3.05, 3.63) is 51.1 Å². The summed E-state index contributed by atoms with van der Waals surface area (Å²) in [5.41, 5.74) is 0. The molecule has 0 saturated carbocycles. The number of thioether (sulfide) groups is 1. The van der Waals surface area contributed by atoms with Gasteiger partial charge in [0.1, 0.15) is 0 Å². The van der Waals surface area contributed by atoms with Crippen LogP contribution in [0.25, 0.3) is 0 Å². The van der Waals surface area contributed by atoms with Crippen molar-refractivity contribution in [2.75, 3.05) is 12.8 Å². The lowest BCUT2D eigenvalue weighted by atomic mass is 10.2. The number of benzene rings is 1. The number of hydrogen-bond acceptors (Lipinski definition) is 3. The highest BCUT2D eigenvalue weighted by Gasteiger charge is 2.17. The summed E-state index contributed by atoms with van der Waals surface area (Å²) in [5.74, 6) is 1.00. The molecule has 5 heteroatoms. The molecule has 0 bridgehead atoms. The van der Waals surface area contributed by atoms with Crippen LogP contribution in [0.5, 0.6) is 0 Å². The van der Waals surface area contributed by atoms with Gasteiger partial charge in [-0.2, -0.15) is 0 Å². The van der Waals surface area contributed by atoms with Crippen LogP contribution < -0.4 is 0 Å². The highest BCUT2D eigenvalue weighted by Crippen LogP contribution is 2.25. The molecule has 0 N–H and O–H groups in total. The number of amides is 1. The Morgan fingerprint density at radius 1 is 1.33 bits per heavy atom. The van der Waals surface area contributed by atoms with E-state index in [1.54, 1.807) is 23.1 Å². The van der Waals surface area contributed by atoms with Gasteiger partial charge in [-0.3, -0.25) is 4.79 Å². The summed E-state index contributed by atoms with van der Waals surface area (Å²) < 4.78 is 1.08. The van der Waals surface area contributed by atoms with Crippen LogP contribution in [0.2, 0.25) is 0 Å². The average molecular weight is 384 g/mol. The second-order valence-corrected chi connectivity index (χ2v) is 7.81. The number of halogens is 1. The lowest BCUT2D eigenvalue weighted by Crippen LogP contribution is -2.29. The molecule has 21 heavy (non-hydrogen) atoms. The van der Waals surface area contributed by atoms with E-state index in [0.717, 1.165) is 10.2 Å². The van der Waals surface area contributed by atoms with Gasteiger partial charge in [0.25, 0.3) is 0 Å². The van der Waals surface area contributed by atoms with Gasteiger partial charge in [-0.15, -0.1) is 23.1 Å². The van der Waals surface area contributed by atoms with Crippen molar-refractivity contribution < 1.29 is 4.79 Å². The van der Waals surface area contributed by atoms with Gasteiger partial charge in [0.05, 0.1) is 6.04 Å².